The summed E-state index contributed by atoms with van der Waals surface area (Å²) in [7, 11) is 0. The van der Waals surface area contributed by atoms with Gasteiger partial charge in [0.25, 0.3) is 0 Å². The van der Waals surface area contributed by atoms with Gasteiger partial charge in [0.05, 0.1) is 5.69 Å². The molecule has 3 aromatic rings. The number of aliphatic hydroxyl groups is 1. The van der Waals surface area contributed by atoms with E-state index < -0.39 is 6.10 Å². The summed E-state index contributed by atoms with van der Waals surface area (Å²) in [5.41, 5.74) is 3.15. The first-order valence-corrected chi connectivity index (χ1v) is 11.0. The summed E-state index contributed by atoms with van der Waals surface area (Å²) in [5.74, 6) is 0.235. The molecule has 1 aliphatic rings. The van der Waals surface area contributed by atoms with Crippen LogP contribution in [0.2, 0.25) is 0 Å². The molecule has 4 rings (SSSR count). The maximum absolute atomic E-state index is 14.9. The Bertz CT molecular complexity index is 959. The van der Waals surface area contributed by atoms with Crippen molar-refractivity contribution in [1.82, 2.24) is 9.88 Å². The van der Waals surface area contributed by atoms with Crippen molar-refractivity contribution in [3.05, 3.63) is 95.6 Å². The molecule has 1 fully saturated rings. The highest BCUT2D eigenvalue weighted by atomic mass is 19.1. The van der Waals surface area contributed by atoms with Gasteiger partial charge in [0.1, 0.15) is 11.9 Å². The summed E-state index contributed by atoms with van der Waals surface area (Å²) in [6.07, 6.45) is 3.50. The standard InChI is InChI=1S/C26H30FN3O/c1-20(21-7-3-2-4-8-21)12-14-29-15-17-30(18-16-29)25-23(10-5-11-24(25)27)26(31)22-9-6-13-28-19-22/h2-11,13,19-20,26,31H,12,14-18H2,1H3. The Morgan fingerprint density at radius 2 is 1.68 bits per heavy atom. The van der Waals surface area contributed by atoms with Crippen LogP contribution >= 0.6 is 0 Å². The molecule has 2 aromatic carbocycles. The Hall–Kier alpha value is -2.76. The van der Waals surface area contributed by atoms with Gasteiger partial charge in [0, 0.05) is 49.7 Å². The lowest BCUT2D eigenvalue weighted by Gasteiger charge is -2.38. The number of hydrogen-bond acceptors (Lipinski definition) is 4. The molecule has 0 amide bonds. The van der Waals surface area contributed by atoms with Gasteiger partial charge in [-0.25, -0.2) is 4.39 Å². The van der Waals surface area contributed by atoms with Gasteiger partial charge >= 0.3 is 0 Å². The molecule has 2 atom stereocenters. The molecular formula is C26H30FN3O. The lowest BCUT2D eigenvalue weighted by molar-refractivity contribution is 0.218. The highest BCUT2D eigenvalue weighted by Crippen LogP contribution is 2.33. The monoisotopic (exact) mass is 419 g/mol. The van der Waals surface area contributed by atoms with Crippen molar-refractivity contribution < 1.29 is 9.50 Å². The maximum atomic E-state index is 14.9. The summed E-state index contributed by atoms with van der Waals surface area (Å²) >= 11 is 0. The van der Waals surface area contributed by atoms with Crippen LogP contribution in [-0.2, 0) is 0 Å². The van der Waals surface area contributed by atoms with E-state index in [0.29, 0.717) is 22.7 Å². The lowest BCUT2D eigenvalue weighted by atomic mass is 9.97. The first-order valence-electron chi connectivity index (χ1n) is 11.0. The van der Waals surface area contributed by atoms with Crippen molar-refractivity contribution in [2.24, 2.45) is 0 Å². The van der Waals surface area contributed by atoms with Gasteiger partial charge in [-0.15, -0.1) is 0 Å². The molecule has 5 heteroatoms. The van der Waals surface area contributed by atoms with Gasteiger partial charge in [-0.3, -0.25) is 9.88 Å². The molecule has 0 spiro atoms. The summed E-state index contributed by atoms with van der Waals surface area (Å²) in [6.45, 7) is 6.57. The first kappa shape index (κ1) is 21.5. The number of halogens is 1. The van der Waals surface area contributed by atoms with E-state index in [9.17, 15) is 9.50 Å². The predicted molar refractivity (Wildman–Crippen MR) is 123 cm³/mol. The number of benzene rings is 2. The second-order valence-corrected chi connectivity index (χ2v) is 8.30. The fraction of sp³-hybridized carbons (Fsp3) is 0.346. The van der Waals surface area contributed by atoms with Crippen LogP contribution in [0.3, 0.4) is 0 Å². The van der Waals surface area contributed by atoms with Crippen molar-refractivity contribution in [3.63, 3.8) is 0 Å². The molecule has 2 unspecified atom stereocenters. The molecular weight excluding hydrogens is 389 g/mol. The van der Waals surface area contributed by atoms with E-state index in [0.717, 1.165) is 39.1 Å². The zero-order valence-corrected chi connectivity index (χ0v) is 18.0. The second kappa shape index (κ2) is 10.0. The summed E-state index contributed by atoms with van der Waals surface area (Å²) in [5, 5.41) is 10.9. The number of anilines is 1. The molecule has 1 N–H and O–H groups in total. The van der Waals surface area contributed by atoms with Crippen molar-refractivity contribution in [2.75, 3.05) is 37.6 Å². The van der Waals surface area contributed by atoms with Crippen molar-refractivity contribution in [1.29, 1.82) is 0 Å². The molecule has 2 heterocycles. The minimum Gasteiger partial charge on any atom is -0.384 e. The van der Waals surface area contributed by atoms with Crippen LogP contribution in [0.25, 0.3) is 0 Å². The summed E-state index contributed by atoms with van der Waals surface area (Å²) < 4.78 is 14.9. The Morgan fingerprint density at radius 1 is 0.935 bits per heavy atom. The minimum atomic E-state index is -0.899. The number of para-hydroxylation sites is 1. The van der Waals surface area contributed by atoms with E-state index >= 15 is 0 Å². The van der Waals surface area contributed by atoms with Crippen LogP contribution in [0.1, 0.15) is 42.1 Å². The first-order chi connectivity index (χ1) is 15.1. The highest BCUT2D eigenvalue weighted by molar-refractivity contribution is 5.58. The molecule has 1 saturated heterocycles. The third kappa shape index (κ3) is 5.12. The Kier molecular flexibility index (Phi) is 6.95. The average molecular weight is 420 g/mol. The SMILES string of the molecule is CC(CCN1CCN(c2c(F)cccc2C(O)c2cccnc2)CC1)c1ccccc1. The number of pyridine rings is 1. The number of piperazine rings is 1. The van der Waals surface area contributed by atoms with E-state index in [-0.39, 0.29) is 5.82 Å². The van der Waals surface area contributed by atoms with E-state index in [4.69, 9.17) is 0 Å². The van der Waals surface area contributed by atoms with E-state index in [1.165, 1.54) is 11.6 Å². The Balaban J connectivity index is 1.40. The zero-order chi connectivity index (χ0) is 21.6. The van der Waals surface area contributed by atoms with Gasteiger partial charge < -0.3 is 10.0 Å². The van der Waals surface area contributed by atoms with E-state index in [2.05, 4.69) is 52.0 Å². The smallest absolute Gasteiger partial charge is 0.146 e. The number of nitrogens with zero attached hydrogens (tertiary/aromatic N) is 3. The molecule has 0 bridgehead atoms. The van der Waals surface area contributed by atoms with Gasteiger partial charge in [0.2, 0.25) is 0 Å². The molecule has 31 heavy (non-hydrogen) atoms. The fourth-order valence-electron chi connectivity index (χ4n) is 4.32. The van der Waals surface area contributed by atoms with Crippen molar-refractivity contribution >= 4 is 5.69 Å². The topological polar surface area (TPSA) is 39.6 Å². The number of aromatic nitrogens is 1. The minimum absolute atomic E-state index is 0.286. The van der Waals surface area contributed by atoms with Crippen LogP contribution in [0.4, 0.5) is 10.1 Å². The molecule has 0 radical (unpaired) electrons. The average Bonchev–Trinajstić information content (AvgIpc) is 2.83. The van der Waals surface area contributed by atoms with Crippen LogP contribution in [-0.4, -0.2) is 47.7 Å². The van der Waals surface area contributed by atoms with Gasteiger partial charge in [-0.2, -0.15) is 0 Å². The Labute approximate surface area is 184 Å². The molecule has 4 nitrogen and oxygen atoms in total. The molecule has 1 aliphatic heterocycles. The summed E-state index contributed by atoms with van der Waals surface area (Å²) in [6, 6.07) is 19.2. The molecule has 0 aliphatic carbocycles. The lowest BCUT2D eigenvalue weighted by Crippen LogP contribution is -2.47. The zero-order valence-electron chi connectivity index (χ0n) is 18.0. The van der Waals surface area contributed by atoms with E-state index in [1.54, 1.807) is 24.5 Å². The third-order valence-corrected chi connectivity index (χ3v) is 6.25. The van der Waals surface area contributed by atoms with Crippen LogP contribution in [0.5, 0.6) is 0 Å². The van der Waals surface area contributed by atoms with Crippen LogP contribution in [0.15, 0.2) is 73.1 Å². The van der Waals surface area contributed by atoms with Crippen LogP contribution < -0.4 is 4.90 Å². The van der Waals surface area contributed by atoms with Gasteiger partial charge in [0.15, 0.2) is 0 Å². The predicted octanol–water partition coefficient (Wildman–Crippen LogP) is 4.62. The normalized spacial score (nSPS) is 16.8. The quantitative estimate of drug-likeness (QED) is 0.607. The van der Waals surface area contributed by atoms with Crippen molar-refractivity contribution in [2.45, 2.75) is 25.4 Å². The number of rotatable bonds is 7. The molecule has 0 saturated carbocycles. The van der Waals surface area contributed by atoms with Gasteiger partial charge in [-0.05, 0) is 36.6 Å². The fourth-order valence-corrected chi connectivity index (χ4v) is 4.32. The second-order valence-electron chi connectivity index (χ2n) is 8.30. The van der Waals surface area contributed by atoms with Crippen LogP contribution in [0, 0.1) is 5.82 Å². The van der Waals surface area contributed by atoms with E-state index in [1.807, 2.05) is 12.1 Å². The number of hydrogen-bond donors (Lipinski definition) is 1. The summed E-state index contributed by atoms with van der Waals surface area (Å²) in [4.78, 5) is 8.61. The molecule has 162 valence electrons. The maximum Gasteiger partial charge on any atom is 0.146 e. The largest absolute Gasteiger partial charge is 0.384 e. The van der Waals surface area contributed by atoms with Crippen molar-refractivity contribution in [3.8, 4) is 0 Å². The highest BCUT2D eigenvalue weighted by Gasteiger charge is 2.25. The number of aliphatic hydroxyl groups excluding tert-OH is 1. The third-order valence-electron chi connectivity index (χ3n) is 6.25. The molecule has 1 aromatic heterocycles. The Morgan fingerprint density at radius 3 is 2.39 bits per heavy atom. The van der Waals surface area contributed by atoms with Gasteiger partial charge in [-0.1, -0.05) is 55.5 Å².